The monoisotopic (exact) mass is 516 g/mol. The van der Waals surface area contributed by atoms with E-state index in [4.69, 9.17) is 4.74 Å². The number of carbonyl (C=O) groups excluding carboxylic acids is 2. The van der Waals surface area contributed by atoms with E-state index < -0.39 is 23.6 Å². The van der Waals surface area contributed by atoms with Gasteiger partial charge < -0.3 is 10.1 Å². The molecule has 0 bridgehead atoms. The normalized spacial score (nSPS) is 11.4. The molecule has 2 aromatic heterocycles. The van der Waals surface area contributed by atoms with Gasteiger partial charge in [-0.3, -0.25) is 4.79 Å². The molecule has 3 aromatic carbocycles. The smallest absolute Gasteiger partial charge is 0.416 e. The van der Waals surface area contributed by atoms with Gasteiger partial charge >= 0.3 is 12.1 Å². The Labute approximate surface area is 214 Å². The summed E-state index contributed by atoms with van der Waals surface area (Å²) in [4.78, 5) is 28.7. The van der Waals surface area contributed by atoms with E-state index >= 15 is 0 Å². The SMILES string of the molecule is COC(=O)c1ccc(-c2cc3nccc(-c4cccc(NC(=O)c5cccc(C(F)(F)F)c5)c4)n3n2)cc1. The molecule has 0 saturated carbocycles. The maximum absolute atomic E-state index is 13.0. The van der Waals surface area contributed by atoms with Gasteiger partial charge in [0, 0.05) is 34.6 Å². The number of fused-ring (bicyclic) bond motifs is 1. The van der Waals surface area contributed by atoms with Crippen LogP contribution in [0.15, 0.2) is 91.1 Å². The lowest BCUT2D eigenvalue weighted by Gasteiger charge is -2.11. The first kappa shape index (κ1) is 24.7. The summed E-state index contributed by atoms with van der Waals surface area (Å²) in [5, 5.41) is 7.32. The average molecular weight is 516 g/mol. The van der Waals surface area contributed by atoms with Crippen LogP contribution in [0.25, 0.3) is 28.2 Å². The molecule has 0 unspecified atom stereocenters. The Bertz CT molecular complexity index is 1660. The molecule has 1 amide bonds. The average Bonchev–Trinajstić information content (AvgIpc) is 3.37. The highest BCUT2D eigenvalue weighted by atomic mass is 19.4. The minimum Gasteiger partial charge on any atom is -0.465 e. The number of anilines is 1. The highest BCUT2D eigenvalue weighted by Crippen LogP contribution is 2.30. The number of aromatic nitrogens is 3. The van der Waals surface area contributed by atoms with Crippen LogP contribution in [0, 0.1) is 0 Å². The van der Waals surface area contributed by atoms with Crippen molar-refractivity contribution in [2.75, 3.05) is 12.4 Å². The lowest BCUT2D eigenvalue weighted by Crippen LogP contribution is -2.14. The quantitative estimate of drug-likeness (QED) is 0.285. The maximum Gasteiger partial charge on any atom is 0.416 e. The fraction of sp³-hybridized carbons (Fsp3) is 0.0714. The van der Waals surface area contributed by atoms with Gasteiger partial charge in [-0.15, -0.1) is 0 Å². The van der Waals surface area contributed by atoms with Gasteiger partial charge in [-0.05, 0) is 48.5 Å². The van der Waals surface area contributed by atoms with E-state index in [-0.39, 0.29) is 5.56 Å². The number of alkyl halides is 3. The topological polar surface area (TPSA) is 85.6 Å². The molecule has 7 nitrogen and oxygen atoms in total. The Morgan fingerprint density at radius 1 is 0.868 bits per heavy atom. The molecule has 0 spiro atoms. The number of hydrogen-bond acceptors (Lipinski definition) is 5. The molecule has 0 fully saturated rings. The lowest BCUT2D eigenvalue weighted by molar-refractivity contribution is -0.137. The highest BCUT2D eigenvalue weighted by Gasteiger charge is 2.30. The van der Waals surface area contributed by atoms with Crippen LogP contribution in [0.1, 0.15) is 26.3 Å². The molecule has 0 aliphatic rings. The summed E-state index contributed by atoms with van der Waals surface area (Å²) >= 11 is 0. The van der Waals surface area contributed by atoms with Crippen LogP contribution >= 0.6 is 0 Å². The van der Waals surface area contributed by atoms with E-state index in [0.29, 0.717) is 33.8 Å². The second-order valence-corrected chi connectivity index (χ2v) is 8.31. The number of amides is 1. The third kappa shape index (κ3) is 4.96. The van der Waals surface area contributed by atoms with E-state index in [0.717, 1.165) is 17.7 Å². The second-order valence-electron chi connectivity index (χ2n) is 8.31. The summed E-state index contributed by atoms with van der Waals surface area (Å²) in [5.74, 6) is -1.10. The van der Waals surface area contributed by atoms with Crippen LogP contribution in [0.4, 0.5) is 18.9 Å². The lowest BCUT2D eigenvalue weighted by atomic mass is 10.1. The summed E-state index contributed by atoms with van der Waals surface area (Å²) in [6.45, 7) is 0. The van der Waals surface area contributed by atoms with E-state index in [9.17, 15) is 22.8 Å². The van der Waals surface area contributed by atoms with E-state index in [2.05, 4.69) is 15.4 Å². The van der Waals surface area contributed by atoms with Crippen molar-refractivity contribution in [3.63, 3.8) is 0 Å². The zero-order chi connectivity index (χ0) is 26.9. The predicted octanol–water partition coefficient (Wildman–Crippen LogP) is 6.12. The third-order valence-electron chi connectivity index (χ3n) is 5.83. The molecule has 1 N–H and O–H groups in total. The van der Waals surface area contributed by atoms with Crippen molar-refractivity contribution in [1.82, 2.24) is 14.6 Å². The predicted molar refractivity (Wildman–Crippen MR) is 135 cm³/mol. The minimum atomic E-state index is -4.55. The summed E-state index contributed by atoms with van der Waals surface area (Å²) in [6.07, 6.45) is -2.92. The molecule has 5 aromatic rings. The number of esters is 1. The van der Waals surface area contributed by atoms with Crippen molar-refractivity contribution in [2.45, 2.75) is 6.18 Å². The van der Waals surface area contributed by atoms with Gasteiger partial charge in [0.2, 0.25) is 0 Å². The number of benzene rings is 3. The van der Waals surface area contributed by atoms with Crippen molar-refractivity contribution in [3.05, 3.63) is 108 Å². The van der Waals surface area contributed by atoms with Crippen LogP contribution < -0.4 is 5.32 Å². The zero-order valence-electron chi connectivity index (χ0n) is 19.9. The van der Waals surface area contributed by atoms with Crippen LogP contribution in [-0.2, 0) is 10.9 Å². The molecule has 0 radical (unpaired) electrons. The second kappa shape index (κ2) is 9.81. The largest absolute Gasteiger partial charge is 0.465 e. The van der Waals surface area contributed by atoms with Gasteiger partial charge in [0.1, 0.15) is 0 Å². The summed E-state index contributed by atoms with van der Waals surface area (Å²) in [5.41, 5.74) is 3.19. The Kier molecular flexibility index (Phi) is 6.38. The van der Waals surface area contributed by atoms with Crippen molar-refractivity contribution >= 4 is 23.2 Å². The standard InChI is InChI=1S/C28H19F3N4O3/c1-38-27(37)18-10-8-17(9-11-18)23-16-25-32-13-12-24(35(25)34-23)19-4-3-7-22(15-19)33-26(36)20-5-2-6-21(14-20)28(29,30)31/h2-16H,1H3,(H,33,36). The molecule has 0 atom stereocenters. The molecule has 2 heterocycles. The number of carbonyl (C=O) groups is 2. The summed E-state index contributed by atoms with van der Waals surface area (Å²) < 4.78 is 45.5. The van der Waals surface area contributed by atoms with Crippen LogP contribution in [0.3, 0.4) is 0 Å². The number of nitrogens with one attached hydrogen (secondary N) is 1. The fourth-order valence-electron chi connectivity index (χ4n) is 3.95. The van der Waals surface area contributed by atoms with Crippen LogP contribution in [-0.4, -0.2) is 33.6 Å². The molecular formula is C28H19F3N4O3. The van der Waals surface area contributed by atoms with E-state index in [1.54, 1.807) is 65.3 Å². The van der Waals surface area contributed by atoms with Crippen molar-refractivity contribution in [1.29, 1.82) is 0 Å². The van der Waals surface area contributed by atoms with Gasteiger partial charge in [0.15, 0.2) is 5.65 Å². The molecular weight excluding hydrogens is 497 g/mol. The van der Waals surface area contributed by atoms with Gasteiger partial charge in [-0.25, -0.2) is 14.3 Å². The van der Waals surface area contributed by atoms with Crippen LogP contribution in [0.2, 0.25) is 0 Å². The van der Waals surface area contributed by atoms with Gasteiger partial charge in [-0.1, -0.05) is 30.3 Å². The first-order valence-electron chi connectivity index (χ1n) is 11.4. The van der Waals surface area contributed by atoms with E-state index in [1.165, 1.54) is 19.2 Å². The molecule has 38 heavy (non-hydrogen) atoms. The first-order chi connectivity index (χ1) is 18.2. The minimum absolute atomic E-state index is 0.105. The first-order valence-corrected chi connectivity index (χ1v) is 11.4. The molecule has 0 aliphatic carbocycles. The number of methoxy groups -OCH3 is 1. The molecule has 10 heteroatoms. The summed E-state index contributed by atoms with van der Waals surface area (Å²) in [7, 11) is 1.32. The van der Waals surface area contributed by atoms with Crippen molar-refractivity contribution in [3.8, 4) is 22.5 Å². The maximum atomic E-state index is 13.0. The van der Waals surface area contributed by atoms with Crippen LogP contribution in [0.5, 0.6) is 0 Å². The third-order valence-corrected chi connectivity index (χ3v) is 5.83. The van der Waals surface area contributed by atoms with Gasteiger partial charge in [0.25, 0.3) is 5.91 Å². The number of halogens is 3. The number of ether oxygens (including phenoxy) is 1. The fourth-order valence-corrected chi connectivity index (χ4v) is 3.95. The number of nitrogens with zero attached hydrogens (tertiary/aromatic N) is 3. The van der Waals surface area contributed by atoms with E-state index in [1.807, 2.05) is 6.07 Å². The van der Waals surface area contributed by atoms with Crippen molar-refractivity contribution in [2.24, 2.45) is 0 Å². The molecule has 190 valence electrons. The number of hydrogen-bond donors (Lipinski definition) is 1. The van der Waals surface area contributed by atoms with Crippen molar-refractivity contribution < 1.29 is 27.5 Å². The summed E-state index contributed by atoms with van der Waals surface area (Å²) in [6, 6.07) is 21.5. The molecule has 0 aliphatic heterocycles. The zero-order valence-corrected chi connectivity index (χ0v) is 19.9. The Morgan fingerprint density at radius 3 is 2.37 bits per heavy atom. The van der Waals surface area contributed by atoms with Gasteiger partial charge in [0.05, 0.1) is 29.6 Å². The Morgan fingerprint density at radius 2 is 1.63 bits per heavy atom. The number of rotatable bonds is 5. The molecule has 0 saturated heterocycles. The highest BCUT2D eigenvalue weighted by molar-refractivity contribution is 6.04. The Hall–Kier alpha value is -4.99. The Balaban J connectivity index is 1.43. The van der Waals surface area contributed by atoms with Gasteiger partial charge in [-0.2, -0.15) is 18.3 Å². The molecule has 5 rings (SSSR count).